The fourth-order valence-electron chi connectivity index (χ4n) is 3.62. The second kappa shape index (κ2) is 5.11. The summed E-state index contributed by atoms with van der Waals surface area (Å²) in [5.41, 5.74) is 0.815. The molecule has 108 valence electrons. The summed E-state index contributed by atoms with van der Waals surface area (Å²) in [5, 5.41) is 2.04. The summed E-state index contributed by atoms with van der Waals surface area (Å²) in [6.45, 7) is 4.13. The van der Waals surface area contributed by atoms with Gasteiger partial charge in [-0.25, -0.2) is 0 Å². The standard InChI is InChI=1S/C17H19N3O/c21-17(20-11-10-19-8-5-14(20)6-9-19)16-3-1-2-13-12-18-7-4-15(13)16/h1-4,7,12,14H,5-6,8-11H2. The first-order valence-corrected chi connectivity index (χ1v) is 7.69. The summed E-state index contributed by atoms with van der Waals surface area (Å²) < 4.78 is 0. The SMILES string of the molecule is O=C(c1cccc2cnccc12)N1CCN2CCC1CC2. The van der Waals surface area contributed by atoms with Gasteiger partial charge in [0.05, 0.1) is 0 Å². The molecule has 1 aromatic heterocycles. The van der Waals surface area contributed by atoms with Crippen molar-refractivity contribution in [3.8, 4) is 0 Å². The fourth-order valence-corrected chi connectivity index (χ4v) is 3.62. The molecule has 4 nitrogen and oxygen atoms in total. The second-order valence-electron chi connectivity index (χ2n) is 5.97. The molecule has 1 aromatic carbocycles. The van der Waals surface area contributed by atoms with Crippen molar-refractivity contribution in [3.05, 3.63) is 42.2 Å². The molecule has 0 radical (unpaired) electrons. The van der Waals surface area contributed by atoms with Gasteiger partial charge in [-0.1, -0.05) is 12.1 Å². The number of aromatic nitrogens is 1. The van der Waals surface area contributed by atoms with Crippen molar-refractivity contribution in [2.75, 3.05) is 26.2 Å². The molecule has 3 fully saturated rings. The summed E-state index contributed by atoms with van der Waals surface area (Å²) in [4.78, 5) is 21.8. The van der Waals surface area contributed by atoms with Gasteiger partial charge < -0.3 is 9.80 Å². The van der Waals surface area contributed by atoms with E-state index in [2.05, 4.69) is 14.8 Å². The first-order chi connectivity index (χ1) is 10.3. The molecule has 1 amide bonds. The maximum atomic E-state index is 13.0. The summed E-state index contributed by atoms with van der Waals surface area (Å²) in [6, 6.07) is 8.27. The van der Waals surface area contributed by atoms with Gasteiger partial charge >= 0.3 is 0 Å². The van der Waals surface area contributed by atoms with Gasteiger partial charge in [-0.3, -0.25) is 9.78 Å². The van der Waals surface area contributed by atoms with Gasteiger partial charge in [-0.05, 0) is 30.4 Å². The van der Waals surface area contributed by atoms with Crippen LogP contribution >= 0.6 is 0 Å². The van der Waals surface area contributed by atoms with E-state index in [0.717, 1.165) is 55.4 Å². The van der Waals surface area contributed by atoms with E-state index in [1.165, 1.54) is 0 Å². The zero-order valence-electron chi connectivity index (χ0n) is 12.0. The van der Waals surface area contributed by atoms with Crippen LogP contribution in [-0.4, -0.2) is 52.9 Å². The molecule has 0 unspecified atom stereocenters. The van der Waals surface area contributed by atoms with Crippen LogP contribution in [0.3, 0.4) is 0 Å². The lowest BCUT2D eigenvalue weighted by molar-refractivity contribution is 0.0687. The van der Waals surface area contributed by atoms with E-state index in [1.54, 1.807) is 6.20 Å². The van der Waals surface area contributed by atoms with E-state index >= 15 is 0 Å². The van der Waals surface area contributed by atoms with E-state index < -0.39 is 0 Å². The van der Waals surface area contributed by atoms with Crippen molar-refractivity contribution >= 4 is 16.7 Å². The van der Waals surface area contributed by atoms with Crippen molar-refractivity contribution < 1.29 is 4.79 Å². The highest BCUT2D eigenvalue weighted by Gasteiger charge is 2.32. The van der Waals surface area contributed by atoms with Crippen LogP contribution in [0, 0.1) is 0 Å². The number of carbonyl (C=O) groups is 1. The monoisotopic (exact) mass is 281 g/mol. The minimum Gasteiger partial charge on any atom is -0.334 e. The third kappa shape index (κ3) is 2.20. The molecule has 3 aliphatic heterocycles. The number of fused-ring (bicyclic) bond motifs is 5. The Morgan fingerprint density at radius 1 is 1.10 bits per heavy atom. The molecule has 0 spiro atoms. The number of carbonyl (C=O) groups excluding carboxylic acids is 1. The molecular formula is C17H19N3O. The number of pyridine rings is 1. The van der Waals surface area contributed by atoms with E-state index in [1.807, 2.05) is 30.5 Å². The quantitative estimate of drug-likeness (QED) is 0.803. The Morgan fingerprint density at radius 2 is 1.95 bits per heavy atom. The number of rotatable bonds is 1. The third-order valence-electron chi connectivity index (χ3n) is 4.83. The molecule has 2 aromatic rings. The van der Waals surface area contributed by atoms with Crippen LogP contribution in [0.2, 0.25) is 0 Å². The number of benzene rings is 1. The highest BCUT2D eigenvalue weighted by molar-refractivity contribution is 6.06. The Labute approximate surface area is 124 Å². The van der Waals surface area contributed by atoms with Crippen molar-refractivity contribution in [2.45, 2.75) is 18.9 Å². The van der Waals surface area contributed by atoms with Crippen LogP contribution in [0.1, 0.15) is 23.2 Å². The van der Waals surface area contributed by atoms with Crippen LogP contribution in [0.15, 0.2) is 36.7 Å². The van der Waals surface area contributed by atoms with Gasteiger partial charge in [-0.2, -0.15) is 0 Å². The van der Waals surface area contributed by atoms with Gasteiger partial charge in [0, 0.05) is 55.6 Å². The minimum atomic E-state index is 0.181. The van der Waals surface area contributed by atoms with Crippen molar-refractivity contribution in [1.29, 1.82) is 0 Å². The van der Waals surface area contributed by atoms with Gasteiger partial charge in [0.25, 0.3) is 5.91 Å². The average molecular weight is 281 g/mol. The van der Waals surface area contributed by atoms with Crippen LogP contribution in [-0.2, 0) is 0 Å². The summed E-state index contributed by atoms with van der Waals surface area (Å²) in [5.74, 6) is 0.181. The fraction of sp³-hybridized carbons (Fsp3) is 0.412. The lowest BCUT2D eigenvalue weighted by atomic mass is 10.0. The lowest BCUT2D eigenvalue weighted by Crippen LogP contribution is -2.41. The molecule has 5 rings (SSSR count). The number of amides is 1. The van der Waals surface area contributed by atoms with Gasteiger partial charge in [0.1, 0.15) is 0 Å². The molecule has 21 heavy (non-hydrogen) atoms. The molecule has 0 N–H and O–H groups in total. The Morgan fingerprint density at radius 3 is 2.81 bits per heavy atom. The Hall–Kier alpha value is -1.94. The Bertz CT molecular complexity index is 671. The van der Waals surface area contributed by atoms with Crippen LogP contribution in [0.4, 0.5) is 0 Å². The Kier molecular flexibility index (Phi) is 3.11. The molecule has 2 bridgehead atoms. The normalized spacial score (nSPS) is 25.0. The van der Waals surface area contributed by atoms with Crippen LogP contribution in [0.25, 0.3) is 10.8 Å². The lowest BCUT2D eigenvalue weighted by Gasteiger charge is -2.31. The molecule has 0 aliphatic carbocycles. The highest BCUT2D eigenvalue weighted by atomic mass is 16.2. The number of nitrogens with zero attached hydrogens (tertiary/aromatic N) is 3. The molecule has 0 saturated carbocycles. The largest absolute Gasteiger partial charge is 0.334 e. The Balaban J connectivity index is 1.73. The molecule has 0 atom stereocenters. The van der Waals surface area contributed by atoms with E-state index in [-0.39, 0.29) is 5.91 Å². The number of hydrogen-bond acceptors (Lipinski definition) is 3. The smallest absolute Gasteiger partial charge is 0.254 e. The predicted molar refractivity (Wildman–Crippen MR) is 82.2 cm³/mol. The maximum Gasteiger partial charge on any atom is 0.254 e. The second-order valence-corrected chi connectivity index (χ2v) is 5.97. The number of piperidine rings is 1. The van der Waals surface area contributed by atoms with Gasteiger partial charge in [-0.15, -0.1) is 0 Å². The highest BCUT2D eigenvalue weighted by Crippen LogP contribution is 2.25. The summed E-state index contributed by atoms with van der Waals surface area (Å²) in [7, 11) is 0. The van der Waals surface area contributed by atoms with Gasteiger partial charge in [0.2, 0.25) is 0 Å². The van der Waals surface area contributed by atoms with E-state index in [9.17, 15) is 4.79 Å². The van der Waals surface area contributed by atoms with Gasteiger partial charge in [0.15, 0.2) is 0 Å². The molecule has 3 aliphatic rings. The van der Waals surface area contributed by atoms with E-state index in [4.69, 9.17) is 0 Å². The molecular weight excluding hydrogens is 262 g/mol. The average Bonchev–Trinajstić information content (AvgIpc) is 2.87. The maximum absolute atomic E-state index is 13.0. The zero-order valence-corrected chi connectivity index (χ0v) is 12.0. The van der Waals surface area contributed by atoms with Crippen LogP contribution < -0.4 is 0 Å². The first-order valence-electron chi connectivity index (χ1n) is 7.69. The first kappa shape index (κ1) is 12.8. The topological polar surface area (TPSA) is 36.4 Å². The molecule has 4 heterocycles. The number of hydrogen-bond donors (Lipinski definition) is 0. The van der Waals surface area contributed by atoms with Crippen molar-refractivity contribution in [1.82, 2.24) is 14.8 Å². The van der Waals surface area contributed by atoms with E-state index in [0.29, 0.717) is 6.04 Å². The zero-order chi connectivity index (χ0) is 14.2. The minimum absolute atomic E-state index is 0.181. The summed E-state index contributed by atoms with van der Waals surface area (Å²) >= 11 is 0. The molecule has 3 saturated heterocycles. The summed E-state index contributed by atoms with van der Waals surface area (Å²) in [6.07, 6.45) is 5.81. The third-order valence-corrected chi connectivity index (χ3v) is 4.83. The van der Waals surface area contributed by atoms with Crippen molar-refractivity contribution in [2.24, 2.45) is 0 Å². The predicted octanol–water partition coefficient (Wildman–Crippen LogP) is 2.16. The van der Waals surface area contributed by atoms with Crippen molar-refractivity contribution in [3.63, 3.8) is 0 Å². The van der Waals surface area contributed by atoms with Crippen LogP contribution in [0.5, 0.6) is 0 Å². The molecule has 4 heteroatoms.